The molecule has 1 aliphatic heterocycles. The lowest BCUT2D eigenvalue weighted by atomic mass is 10.1. The van der Waals surface area contributed by atoms with Crippen LogP contribution in [0, 0.1) is 10.1 Å². The van der Waals surface area contributed by atoms with Gasteiger partial charge < -0.3 is 9.47 Å². The molecule has 3 aromatic carbocycles. The largest absolute Gasteiger partial charge is 0.496 e. The van der Waals surface area contributed by atoms with E-state index in [0.29, 0.717) is 22.7 Å². The van der Waals surface area contributed by atoms with Crippen molar-refractivity contribution >= 4 is 46.6 Å². The summed E-state index contributed by atoms with van der Waals surface area (Å²) in [7, 11) is 1.34. The molecular formula is C24H17N3O6S. The van der Waals surface area contributed by atoms with Crippen molar-refractivity contribution in [2.75, 3.05) is 12.0 Å². The zero-order chi connectivity index (χ0) is 24.2. The molecule has 1 saturated heterocycles. The van der Waals surface area contributed by atoms with Crippen molar-refractivity contribution in [3.05, 3.63) is 94.0 Å². The molecule has 0 bridgehead atoms. The smallest absolute Gasteiger partial charge is 0.273 e. The molecule has 1 heterocycles. The Hall–Kier alpha value is -4.57. The van der Waals surface area contributed by atoms with Crippen LogP contribution in [0.15, 0.2) is 78.4 Å². The number of nitrogens with zero attached hydrogens (tertiary/aromatic N) is 2. The normalized spacial score (nSPS) is 14.7. The first kappa shape index (κ1) is 22.6. The number of thiocarbonyl (C=S) groups is 1. The van der Waals surface area contributed by atoms with Crippen LogP contribution in [0.2, 0.25) is 0 Å². The number of benzene rings is 3. The molecule has 0 aromatic heterocycles. The van der Waals surface area contributed by atoms with Gasteiger partial charge in [-0.2, -0.15) is 0 Å². The van der Waals surface area contributed by atoms with E-state index in [-0.39, 0.29) is 22.1 Å². The summed E-state index contributed by atoms with van der Waals surface area (Å²) in [6.45, 7) is 0. The molecule has 0 spiro atoms. The molecule has 1 aliphatic rings. The number of nitrogens with one attached hydrogen (secondary N) is 1. The summed E-state index contributed by atoms with van der Waals surface area (Å²) in [6.07, 6.45) is 1.31. The Morgan fingerprint density at radius 1 is 1.00 bits per heavy atom. The van der Waals surface area contributed by atoms with Crippen LogP contribution in [-0.2, 0) is 9.59 Å². The van der Waals surface area contributed by atoms with E-state index in [4.69, 9.17) is 21.7 Å². The first-order valence-electron chi connectivity index (χ1n) is 9.94. The van der Waals surface area contributed by atoms with Crippen molar-refractivity contribution in [1.82, 2.24) is 5.32 Å². The Balaban J connectivity index is 1.63. The van der Waals surface area contributed by atoms with Crippen molar-refractivity contribution in [1.29, 1.82) is 0 Å². The standard InChI is InChI=1S/C24H17N3O6S/c1-32-21-14-17(27(30)31)8-7-15(21)13-20-22(28)25-24(34)26(23(20)29)16-9-11-19(12-10-16)33-18-5-3-2-4-6-18/h2-14H,1H3,(H,25,28,34)/b20-13+. The highest BCUT2D eigenvalue weighted by Gasteiger charge is 2.34. The average Bonchev–Trinajstić information content (AvgIpc) is 2.83. The SMILES string of the molecule is COc1cc([N+](=O)[O-])ccc1/C=C1\C(=O)NC(=S)N(c2ccc(Oc3ccccc3)cc2)C1=O. The molecule has 2 amide bonds. The number of hydrogen-bond acceptors (Lipinski definition) is 7. The second-order valence-electron chi connectivity index (χ2n) is 7.05. The van der Waals surface area contributed by atoms with E-state index in [0.717, 1.165) is 0 Å². The van der Waals surface area contributed by atoms with Gasteiger partial charge in [0.1, 0.15) is 22.8 Å². The number of nitro groups is 1. The highest BCUT2D eigenvalue weighted by Crippen LogP contribution is 2.30. The first-order chi connectivity index (χ1) is 16.4. The molecule has 4 rings (SSSR count). The second-order valence-corrected chi connectivity index (χ2v) is 7.44. The minimum atomic E-state index is -0.685. The zero-order valence-corrected chi connectivity index (χ0v) is 18.6. The predicted octanol–water partition coefficient (Wildman–Crippen LogP) is 4.23. The maximum atomic E-state index is 13.2. The third-order valence-corrected chi connectivity index (χ3v) is 5.19. The van der Waals surface area contributed by atoms with E-state index in [2.05, 4.69) is 5.32 Å². The highest BCUT2D eigenvalue weighted by atomic mass is 32.1. The number of methoxy groups -OCH3 is 1. The number of rotatable bonds is 6. The summed E-state index contributed by atoms with van der Waals surface area (Å²) in [6, 6.07) is 19.7. The molecule has 3 aromatic rings. The van der Waals surface area contributed by atoms with Crippen LogP contribution in [0.5, 0.6) is 17.2 Å². The number of hydrogen-bond donors (Lipinski definition) is 1. The van der Waals surface area contributed by atoms with Gasteiger partial charge in [0.05, 0.1) is 23.8 Å². The summed E-state index contributed by atoms with van der Waals surface area (Å²) >= 11 is 5.23. The molecule has 170 valence electrons. The molecule has 0 aliphatic carbocycles. The van der Waals surface area contributed by atoms with Crippen molar-refractivity contribution in [2.45, 2.75) is 0 Å². The molecule has 0 radical (unpaired) electrons. The van der Waals surface area contributed by atoms with Crippen molar-refractivity contribution < 1.29 is 24.0 Å². The number of nitro benzene ring substituents is 1. The summed E-state index contributed by atoms with van der Waals surface area (Å²) in [5.41, 5.74) is 0.368. The lowest BCUT2D eigenvalue weighted by Crippen LogP contribution is -2.54. The molecular weight excluding hydrogens is 458 g/mol. The number of para-hydroxylation sites is 1. The zero-order valence-electron chi connectivity index (χ0n) is 17.8. The van der Waals surface area contributed by atoms with Gasteiger partial charge in [-0.3, -0.25) is 29.9 Å². The van der Waals surface area contributed by atoms with Gasteiger partial charge in [0.2, 0.25) is 0 Å². The topological polar surface area (TPSA) is 111 Å². The van der Waals surface area contributed by atoms with Crippen molar-refractivity contribution in [3.63, 3.8) is 0 Å². The Morgan fingerprint density at radius 3 is 2.32 bits per heavy atom. The molecule has 0 unspecified atom stereocenters. The minimum Gasteiger partial charge on any atom is -0.496 e. The van der Waals surface area contributed by atoms with Gasteiger partial charge in [-0.25, -0.2) is 0 Å². The maximum Gasteiger partial charge on any atom is 0.273 e. The first-order valence-corrected chi connectivity index (χ1v) is 10.3. The number of amides is 2. The van der Waals surface area contributed by atoms with Crippen LogP contribution in [0.4, 0.5) is 11.4 Å². The summed E-state index contributed by atoms with van der Waals surface area (Å²) < 4.78 is 11.0. The van der Waals surface area contributed by atoms with Crippen molar-refractivity contribution in [2.24, 2.45) is 0 Å². The van der Waals surface area contributed by atoms with E-state index in [9.17, 15) is 19.7 Å². The van der Waals surface area contributed by atoms with Crippen LogP contribution in [-0.4, -0.2) is 29.0 Å². The molecule has 0 saturated carbocycles. The van der Waals surface area contributed by atoms with E-state index in [1.807, 2.05) is 30.3 Å². The van der Waals surface area contributed by atoms with Crippen LogP contribution in [0.3, 0.4) is 0 Å². The van der Waals surface area contributed by atoms with Gasteiger partial charge in [-0.1, -0.05) is 18.2 Å². The summed E-state index contributed by atoms with van der Waals surface area (Å²) in [4.78, 5) is 37.4. The molecule has 10 heteroatoms. The quantitative estimate of drug-likeness (QED) is 0.187. The number of carbonyl (C=O) groups excluding carboxylic acids is 2. The van der Waals surface area contributed by atoms with E-state index >= 15 is 0 Å². The van der Waals surface area contributed by atoms with Crippen LogP contribution >= 0.6 is 12.2 Å². The summed E-state index contributed by atoms with van der Waals surface area (Å²) in [5, 5.41) is 13.5. The number of ether oxygens (including phenoxy) is 2. The van der Waals surface area contributed by atoms with E-state index in [1.165, 1.54) is 36.3 Å². The van der Waals surface area contributed by atoms with Gasteiger partial charge in [0.15, 0.2) is 5.11 Å². The minimum absolute atomic E-state index is 0.0699. The van der Waals surface area contributed by atoms with E-state index < -0.39 is 16.7 Å². The number of carbonyl (C=O) groups is 2. The predicted molar refractivity (Wildman–Crippen MR) is 129 cm³/mol. The Labute approximate surface area is 199 Å². The summed E-state index contributed by atoms with van der Waals surface area (Å²) in [5.74, 6) is 0.0288. The lowest BCUT2D eigenvalue weighted by molar-refractivity contribution is -0.384. The highest BCUT2D eigenvalue weighted by molar-refractivity contribution is 7.80. The van der Waals surface area contributed by atoms with Crippen LogP contribution < -0.4 is 19.7 Å². The van der Waals surface area contributed by atoms with Gasteiger partial charge in [0.25, 0.3) is 17.5 Å². The van der Waals surface area contributed by atoms with Gasteiger partial charge in [-0.15, -0.1) is 0 Å². The fraction of sp³-hybridized carbons (Fsp3) is 0.0417. The van der Waals surface area contributed by atoms with Crippen LogP contribution in [0.25, 0.3) is 6.08 Å². The van der Waals surface area contributed by atoms with Gasteiger partial charge >= 0.3 is 0 Å². The number of anilines is 1. The molecule has 0 atom stereocenters. The third kappa shape index (κ3) is 4.62. The molecule has 34 heavy (non-hydrogen) atoms. The Morgan fingerprint density at radius 2 is 1.68 bits per heavy atom. The molecule has 1 N–H and O–H groups in total. The van der Waals surface area contributed by atoms with Gasteiger partial charge in [0, 0.05) is 11.6 Å². The lowest BCUT2D eigenvalue weighted by Gasteiger charge is -2.29. The van der Waals surface area contributed by atoms with Crippen molar-refractivity contribution in [3.8, 4) is 17.2 Å². The Kier molecular flexibility index (Phi) is 6.33. The monoisotopic (exact) mass is 475 g/mol. The maximum absolute atomic E-state index is 13.2. The Bertz CT molecular complexity index is 1320. The van der Waals surface area contributed by atoms with E-state index in [1.54, 1.807) is 24.3 Å². The average molecular weight is 475 g/mol. The fourth-order valence-corrected chi connectivity index (χ4v) is 3.55. The third-order valence-electron chi connectivity index (χ3n) is 4.90. The second kappa shape index (κ2) is 9.51. The molecule has 1 fully saturated rings. The number of non-ortho nitro benzene ring substituents is 1. The van der Waals surface area contributed by atoms with Crippen LogP contribution in [0.1, 0.15) is 5.56 Å². The fourth-order valence-electron chi connectivity index (χ4n) is 3.27. The van der Waals surface area contributed by atoms with Gasteiger partial charge in [-0.05, 0) is 60.8 Å². The molecule has 9 nitrogen and oxygen atoms in total.